The lowest BCUT2D eigenvalue weighted by molar-refractivity contribution is -0.123. The molecule has 0 radical (unpaired) electrons. The summed E-state index contributed by atoms with van der Waals surface area (Å²) in [4.78, 5) is 11.9. The molecule has 0 saturated heterocycles. The molecule has 1 atom stereocenters. The van der Waals surface area contributed by atoms with Crippen LogP contribution in [0.3, 0.4) is 0 Å². The van der Waals surface area contributed by atoms with Crippen molar-refractivity contribution in [3.63, 3.8) is 0 Å². The third-order valence-corrected chi connectivity index (χ3v) is 3.37. The molecule has 0 heterocycles. The van der Waals surface area contributed by atoms with Gasteiger partial charge in [0.2, 0.25) is 5.91 Å². The van der Waals surface area contributed by atoms with Crippen molar-refractivity contribution >= 4 is 5.91 Å². The van der Waals surface area contributed by atoms with Crippen LogP contribution in [0.2, 0.25) is 0 Å². The van der Waals surface area contributed by atoms with E-state index in [4.69, 9.17) is 4.74 Å². The van der Waals surface area contributed by atoms with Crippen molar-refractivity contribution in [2.75, 3.05) is 20.3 Å². The van der Waals surface area contributed by atoms with Gasteiger partial charge in [-0.15, -0.1) is 0 Å². The maximum atomic E-state index is 11.9. The highest BCUT2D eigenvalue weighted by Crippen LogP contribution is 2.18. The molecule has 100 valence electrons. The first kappa shape index (κ1) is 14.5. The standard InChI is InChI=1S/C13H26N2O2/c1-3-12(13(16)14-9-10-17-2)15-11-7-5-4-6-8-11/h11-12,15H,3-10H2,1-2H3,(H,14,16)/t12-/m0/s1. The molecule has 0 aromatic heterocycles. The number of methoxy groups -OCH3 is 1. The lowest BCUT2D eigenvalue weighted by Crippen LogP contribution is -2.49. The van der Waals surface area contributed by atoms with Crippen molar-refractivity contribution in [3.8, 4) is 0 Å². The maximum Gasteiger partial charge on any atom is 0.237 e. The fraction of sp³-hybridized carbons (Fsp3) is 0.923. The van der Waals surface area contributed by atoms with Gasteiger partial charge in [0.25, 0.3) is 0 Å². The summed E-state index contributed by atoms with van der Waals surface area (Å²) in [5.41, 5.74) is 0. The Morgan fingerprint density at radius 2 is 2.06 bits per heavy atom. The van der Waals surface area contributed by atoms with Crippen LogP contribution in [0, 0.1) is 0 Å². The molecule has 1 amide bonds. The number of carbonyl (C=O) groups is 1. The fourth-order valence-electron chi connectivity index (χ4n) is 2.33. The van der Waals surface area contributed by atoms with Crippen molar-refractivity contribution in [1.29, 1.82) is 0 Å². The summed E-state index contributed by atoms with van der Waals surface area (Å²) < 4.78 is 4.92. The molecule has 1 aliphatic rings. The van der Waals surface area contributed by atoms with E-state index in [1.165, 1.54) is 32.1 Å². The SMILES string of the molecule is CC[C@H](NC1CCCCC1)C(=O)NCCOC. The van der Waals surface area contributed by atoms with E-state index in [2.05, 4.69) is 17.6 Å². The lowest BCUT2D eigenvalue weighted by atomic mass is 9.94. The van der Waals surface area contributed by atoms with Crippen LogP contribution in [0.25, 0.3) is 0 Å². The Balaban J connectivity index is 2.27. The Bertz CT molecular complexity index is 215. The third-order valence-electron chi connectivity index (χ3n) is 3.37. The summed E-state index contributed by atoms with van der Waals surface area (Å²) in [6.45, 7) is 3.22. The normalized spacial score (nSPS) is 18.9. The molecule has 17 heavy (non-hydrogen) atoms. The number of rotatable bonds is 7. The first-order valence-corrected chi connectivity index (χ1v) is 6.80. The minimum atomic E-state index is -0.0463. The van der Waals surface area contributed by atoms with Gasteiger partial charge in [-0.1, -0.05) is 26.2 Å². The van der Waals surface area contributed by atoms with Gasteiger partial charge in [0, 0.05) is 19.7 Å². The van der Waals surface area contributed by atoms with E-state index in [-0.39, 0.29) is 11.9 Å². The van der Waals surface area contributed by atoms with E-state index in [1.807, 2.05) is 0 Å². The summed E-state index contributed by atoms with van der Waals surface area (Å²) in [6.07, 6.45) is 7.19. The largest absolute Gasteiger partial charge is 0.383 e. The van der Waals surface area contributed by atoms with Crippen molar-refractivity contribution in [3.05, 3.63) is 0 Å². The predicted molar refractivity (Wildman–Crippen MR) is 69.0 cm³/mol. The molecule has 0 aromatic rings. The second-order valence-electron chi connectivity index (χ2n) is 4.75. The minimum absolute atomic E-state index is 0.0463. The van der Waals surface area contributed by atoms with Gasteiger partial charge in [0.1, 0.15) is 0 Å². The van der Waals surface area contributed by atoms with Gasteiger partial charge in [-0.25, -0.2) is 0 Å². The maximum absolute atomic E-state index is 11.9. The van der Waals surface area contributed by atoms with Crippen molar-refractivity contribution in [1.82, 2.24) is 10.6 Å². The average molecular weight is 242 g/mol. The quantitative estimate of drug-likeness (QED) is 0.664. The monoisotopic (exact) mass is 242 g/mol. The molecule has 4 nitrogen and oxygen atoms in total. The lowest BCUT2D eigenvalue weighted by Gasteiger charge is -2.27. The minimum Gasteiger partial charge on any atom is -0.383 e. The van der Waals surface area contributed by atoms with Crippen LogP contribution < -0.4 is 10.6 Å². The van der Waals surface area contributed by atoms with E-state index < -0.39 is 0 Å². The molecule has 2 N–H and O–H groups in total. The van der Waals surface area contributed by atoms with Crippen LogP contribution in [0.15, 0.2) is 0 Å². The molecule has 4 heteroatoms. The molecule has 1 aliphatic carbocycles. The number of amides is 1. The summed E-state index contributed by atoms with van der Waals surface area (Å²) in [6, 6.07) is 0.483. The number of hydrogen-bond acceptors (Lipinski definition) is 3. The first-order chi connectivity index (χ1) is 8.27. The Morgan fingerprint density at radius 1 is 1.35 bits per heavy atom. The van der Waals surface area contributed by atoms with Crippen LogP contribution in [0.1, 0.15) is 45.4 Å². The third kappa shape index (κ3) is 5.50. The zero-order valence-corrected chi connectivity index (χ0v) is 11.1. The van der Waals surface area contributed by atoms with E-state index >= 15 is 0 Å². The van der Waals surface area contributed by atoms with E-state index in [0.29, 0.717) is 19.2 Å². The van der Waals surface area contributed by atoms with Gasteiger partial charge in [-0.3, -0.25) is 4.79 Å². The van der Waals surface area contributed by atoms with Crippen LogP contribution in [0.5, 0.6) is 0 Å². The van der Waals surface area contributed by atoms with E-state index in [0.717, 1.165) is 6.42 Å². The van der Waals surface area contributed by atoms with Crippen LogP contribution in [-0.2, 0) is 9.53 Å². The highest BCUT2D eigenvalue weighted by molar-refractivity contribution is 5.81. The predicted octanol–water partition coefficient (Wildman–Crippen LogP) is 1.45. The van der Waals surface area contributed by atoms with Gasteiger partial charge in [-0.05, 0) is 19.3 Å². The average Bonchev–Trinajstić information content (AvgIpc) is 2.37. The van der Waals surface area contributed by atoms with Crippen LogP contribution in [0.4, 0.5) is 0 Å². The molecular formula is C13H26N2O2. The second-order valence-corrected chi connectivity index (χ2v) is 4.75. The van der Waals surface area contributed by atoms with Gasteiger partial charge >= 0.3 is 0 Å². The first-order valence-electron chi connectivity index (χ1n) is 6.80. The zero-order chi connectivity index (χ0) is 12.5. The van der Waals surface area contributed by atoms with Gasteiger partial charge in [0.15, 0.2) is 0 Å². The molecule has 0 unspecified atom stereocenters. The Kier molecular flexibility index (Phi) is 7.21. The van der Waals surface area contributed by atoms with Crippen molar-refractivity contribution in [2.45, 2.75) is 57.5 Å². The summed E-state index contributed by atoms with van der Waals surface area (Å²) in [5, 5.41) is 6.38. The molecule has 0 spiro atoms. The van der Waals surface area contributed by atoms with E-state index in [9.17, 15) is 4.79 Å². The Labute approximate surface area is 104 Å². The number of hydrogen-bond donors (Lipinski definition) is 2. The molecular weight excluding hydrogens is 216 g/mol. The molecule has 1 rings (SSSR count). The highest BCUT2D eigenvalue weighted by Gasteiger charge is 2.21. The van der Waals surface area contributed by atoms with Gasteiger partial charge in [0.05, 0.1) is 12.6 Å². The molecule has 0 aromatic carbocycles. The zero-order valence-electron chi connectivity index (χ0n) is 11.1. The topological polar surface area (TPSA) is 50.4 Å². The number of ether oxygens (including phenoxy) is 1. The highest BCUT2D eigenvalue weighted by atomic mass is 16.5. The van der Waals surface area contributed by atoms with E-state index in [1.54, 1.807) is 7.11 Å². The summed E-state index contributed by atoms with van der Waals surface area (Å²) in [5.74, 6) is 0.107. The van der Waals surface area contributed by atoms with Gasteiger partial charge < -0.3 is 15.4 Å². The summed E-state index contributed by atoms with van der Waals surface area (Å²) >= 11 is 0. The second kappa shape index (κ2) is 8.48. The molecule has 0 aliphatic heterocycles. The molecule has 1 saturated carbocycles. The molecule has 0 bridgehead atoms. The van der Waals surface area contributed by atoms with Gasteiger partial charge in [-0.2, -0.15) is 0 Å². The number of nitrogens with one attached hydrogen (secondary N) is 2. The molecule has 1 fully saturated rings. The number of carbonyl (C=O) groups excluding carboxylic acids is 1. The van der Waals surface area contributed by atoms with Crippen LogP contribution in [-0.4, -0.2) is 38.3 Å². The summed E-state index contributed by atoms with van der Waals surface area (Å²) in [7, 11) is 1.64. The Morgan fingerprint density at radius 3 is 2.65 bits per heavy atom. The van der Waals surface area contributed by atoms with Crippen molar-refractivity contribution < 1.29 is 9.53 Å². The smallest absolute Gasteiger partial charge is 0.237 e. The fourth-order valence-corrected chi connectivity index (χ4v) is 2.33. The van der Waals surface area contributed by atoms with Crippen molar-refractivity contribution in [2.24, 2.45) is 0 Å². The van der Waals surface area contributed by atoms with Crippen LogP contribution >= 0.6 is 0 Å². The Hall–Kier alpha value is -0.610.